The molecule has 0 saturated carbocycles. The summed E-state index contributed by atoms with van der Waals surface area (Å²) in [6, 6.07) is 16.1. The van der Waals surface area contributed by atoms with Crippen LogP contribution in [-0.4, -0.2) is 114 Å². The Morgan fingerprint density at radius 1 is 0.952 bits per heavy atom. The smallest absolute Gasteiger partial charge is 0.408 e. The Balaban J connectivity index is 0.00000285. The van der Waals surface area contributed by atoms with E-state index in [4.69, 9.17) is 18.9 Å². The molecule has 5 unspecified atom stereocenters. The number of hydrogen-bond donors (Lipinski definition) is 2. The number of piperazine rings is 1. The zero-order valence-corrected chi connectivity index (χ0v) is 38.2. The molecule has 8 rings (SSSR count). The number of aryl methyl sites for hydroxylation is 1. The SMILES string of the molecule is CC.COC1=C(C)C(=O)C2=C(C1=O)C(COC(=O)C(CSCC1c3ccccc3-c3ccccc31)NC(=O)OC(C)(C)C)N1CC3Cc4cc(C)c(OC)c(O)c4C(C1C2)N3C. The van der Waals surface area contributed by atoms with Crippen molar-refractivity contribution in [2.75, 3.05) is 45.9 Å². The van der Waals surface area contributed by atoms with Crippen LogP contribution in [0.4, 0.5) is 4.79 Å². The number of thioether (sulfide) groups is 1. The summed E-state index contributed by atoms with van der Waals surface area (Å²) >= 11 is 1.53. The van der Waals surface area contributed by atoms with E-state index >= 15 is 0 Å². The van der Waals surface area contributed by atoms with Crippen molar-refractivity contribution >= 4 is 35.4 Å². The van der Waals surface area contributed by atoms with Crippen LogP contribution in [-0.2, 0) is 35.0 Å². The number of phenolic OH excluding ortho intramolecular Hbond substituents is 1. The minimum atomic E-state index is -1.09. The molecule has 1 amide bonds. The lowest BCUT2D eigenvalue weighted by Crippen LogP contribution is -2.66. The third kappa shape index (κ3) is 8.03. The molecule has 2 bridgehead atoms. The van der Waals surface area contributed by atoms with Crippen molar-refractivity contribution < 1.29 is 43.2 Å². The Labute approximate surface area is 369 Å². The van der Waals surface area contributed by atoms with Gasteiger partial charge in [-0.1, -0.05) is 68.4 Å². The molecule has 5 atom stereocenters. The van der Waals surface area contributed by atoms with Gasteiger partial charge >= 0.3 is 12.1 Å². The number of amides is 1. The fraction of sp³-hybridized carbons (Fsp3) is 0.469. The summed E-state index contributed by atoms with van der Waals surface area (Å²) < 4.78 is 22.9. The Bertz CT molecular complexity index is 2300. The second-order valence-electron chi connectivity index (χ2n) is 17.4. The molecule has 62 heavy (non-hydrogen) atoms. The third-order valence-electron chi connectivity index (χ3n) is 12.7. The number of nitrogens with zero attached hydrogens (tertiary/aromatic N) is 2. The molecule has 3 aliphatic heterocycles. The van der Waals surface area contributed by atoms with Crippen molar-refractivity contribution in [3.05, 3.63) is 105 Å². The van der Waals surface area contributed by atoms with E-state index < -0.39 is 35.5 Å². The van der Waals surface area contributed by atoms with Gasteiger partial charge in [0, 0.05) is 58.3 Å². The molecule has 330 valence electrons. The number of carbonyl (C=O) groups is 4. The highest BCUT2D eigenvalue weighted by Gasteiger charge is 2.54. The van der Waals surface area contributed by atoms with Crippen LogP contribution in [0.5, 0.6) is 11.5 Å². The molecule has 2 N–H and O–H groups in total. The van der Waals surface area contributed by atoms with Gasteiger partial charge < -0.3 is 29.4 Å². The Hall–Kier alpha value is -5.11. The average molecular weight is 866 g/mol. The topological polar surface area (TPSA) is 144 Å². The fourth-order valence-corrected chi connectivity index (χ4v) is 11.3. The van der Waals surface area contributed by atoms with Gasteiger partial charge in [0.05, 0.1) is 26.3 Å². The van der Waals surface area contributed by atoms with Gasteiger partial charge in [0.2, 0.25) is 5.78 Å². The molecule has 1 fully saturated rings. The Morgan fingerprint density at radius 2 is 1.60 bits per heavy atom. The standard InChI is InChI=1S/C47H53N3O9S.C2H6/c1-24-17-26-18-27-20-50-35(39(49(27)6)37(26)41(52)43(24)56-7)19-32-38(42(53)44(57-8)25(2)40(32)51)36(50)21-58-45(54)34(48-46(55)59-47(3,4)5)23-60-22-33-30-15-11-9-13-28(30)29-14-10-12-16-31(29)33;1-2/h9-17,27,33-36,39,52H,18-23H2,1-8H3,(H,48,55);1-2H3. The van der Waals surface area contributed by atoms with Crippen LogP contribution in [0.25, 0.3) is 11.1 Å². The molecule has 5 aliphatic rings. The summed E-state index contributed by atoms with van der Waals surface area (Å²) in [6.07, 6.45) is 0.119. The number of rotatable bonds is 10. The summed E-state index contributed by atoms with van der Waals surface area (Å²) in [5, 5.41) is 14.5. The van der Waals surface area contributed by atoms with Crippen molar-refractivity contribution in [2.24, 2.45) is 0 Å². The third-order valence-corrected chi connectivity index (χ3v) is 13.9. The largest absolute Gasteiger partial charge is 0.504 e. The van der Waals surface area contributed by atoms with Gasteiger partial charge in [-0.15, -0.1) is 0 Å². The van der Waals surface area contributed by atoms with Gasteiger partial charge in [-0.3, -0.25) is 19.4 Å². The first-order valence-corrected chi connectivity index (χ1v) is 22.6. The van der Waals surface area contributed by atoms with Crippen LogP contribution >= 0.6 is 11.8 Å². The molecule has 3 heterocycles. The summed E-state index contributed by atoms with van der Waals surface area (Å²) in [7, 11) is 4.93. The number of alkyl carbamates (subject to hydrolysis) is 1. The van der Waals surface area contributed by atoms with Crippen LogP contribution in [0.2, 0.25) is 0 Å². The first-order chi connectivity index (χ1) is 29.6. The minimum absolute atomic E-state index is 0.0105. The second-order valence-corrected chi connectivity index (χ2v) is 18.5. The monoisotopic (exact) mass is 865 g/mol. The number of likely N-dealkylation sites (N-methyl/N-ethyl adjacent to an activating group) is 1. The van der Waals surface area contributed by atoms with E-state index in [1.165, 1.54) is 48.2 Å². The number of hydrogen-bond acceptors (Lipinski definition) is 12. The molecule has 1 saturated heterocycles. The summed E-state index contributed by atoms with van der Waals surface area (Å²) in [6.45, 7) is 13.0. The number of esters is 1. The van der Waals surface area contributed by atoms with Crippen molar-refractivity contribution in [3.8, 4) is 22.6 Å². The summed E-state index contributed by atoms with van der Waals surface area (Å²) in [5.41, 5.74) is 7.43. The van der Waals surface area contributed by atoms with Gasteiger partial charge in [0.15, 0.2) is 23.0 Å². The number of nitrogens with one attached hydrogen (secondary N) is 1. The first-order valence-electron chi connectivity index (χ1n) is 21.5. The van der Waals surface area contributed by atoms with Gasteiger partial charge in [-0.25, -0.2) is 9.59 Å². The summed E-state index contributed by atoms with van der Waals surface area (Å²) in [5.74, 6) is -0.00926. The van der Waals surface area contributed by atoms with E-state index in [0.717, 1.165) is 16.7 Å². The minimum Gasteiger partial charge on any atom is -0.504 e. The quantitative estimate of drug-likeness (QED) is 0.155. The maximum atomic E-state index is 14.3. The van der Waals surface area contributed by atoms with Crippen LogP contribution < -0.4 is 10.1 Å². The van der Waals surface area contributed by atoms with Crippen molar-refractivity contribution in [2.45, 2.75) is 103 Å². The maximum Gasteiger partial charge on any atom is 0.408 e. The molecular weight excluding hydrogens is 807 g/mol. The van der Waals surface area contributed by atoms with E-state index in [-0.39, 0.29) is 71.3 Å². The lowest BCUT2D eigenvalue weighted by atomic mass is 9.71. The lowest BCUT2D eigenvalue weighted by molar-refractivity contribution is -0.149. The number of methoxy groups -OCH3 is 2. The zero-order valence-electron chi connectivity index (χ0n) is 37.4. The molecule has 13 heteroatoms. The Kier molecular flexibility index (Phi) is 13.0. The number of benzene rings is 3. The van der Waals surface area contributed by atoms with Gasteiger partial charge in [0.25, 0.3) is 0 Å². The number of carbonyl (C=O) groups excluding carboxylic acids is 4. The molecule has 0 spiro atoms. The number of fused-ring (bicyclic) bond motifs is 9. The highest BCUT2D eigenvalue weighted by molar-refractivity contribution is 7.99. The number of phenols is 1. The van der Waals surface area contributed by atoms with E-state index in [0.29, 0.717) is 30.0 Å². The molecule has 3 aromatic rings. The van der Waals surface area contributed by atoms with E-state index in [2.05, 4.69) is 45.4 Å². The van der Waals surface area contributed by atoms with Gasteiger partial charge in [-0.2, -0.15) is 11.8 Å². The number of Topliss-reactive ketones (excluding diaryl/α,β-unsaturated/α-hetero) is 2. The molecule has 2 aliphatic carbocycles. The highest BCUT2D eigenvalue weighted by atomic mass is 32.2. The van der Waals surface area contributed by atoms with Gasteiger partial charge in [-0.05, 0) is 87.9 Å². The number of allylic oxidation sites excluding steroid dienone is 2. The van der Waals surface area contributed by atoms with Crippen molar-refractivity contribution in [1.29, 1.82) is 0 Å². The highest BCUT2D eigenvalue weighted by Crippen LogP contribution is 2.52. The van der Waals surface area contributed by atoms with Crippen LogP contribution in [0, 0.1) is 6.92 Å². The maximum absolute atomic E-state index is 14.3. The van der Waals surface area contributed by atoms with Crippen molar-refractivity contribution in [3.63, 3.8) is 0 Å². The van der Waals surface area contributed by atoms with Crippen LogP contribution in [0.1, 0.15) is 87.7 Å². The molecular formula is C49H59N3O9S. The molecule has 3 aromatic carbocycles. The number of aromatic hydroxyl groups is 1. The Morgan fingerprint density at radius 3 is 2.21 bits per heavy atom. The zero-order chi connectivity index (χ0) is 44.8. The number of ether oxygens (including phenoxy) is 4. The number of ketones is 2. The first kappa shape index (κ1) is 44.9. The van der Waals surface area contributed by atoms with E-state index in [1.54, 1.807) is 27.7 Å². The predicted octanol–water partition coefficient (Wildman–Crippen LogP) is 7.44. The van der Waals surface area contributed by atoms with Crippen LogP contribution in [0.15, 0.2) is 77.1 Å². The average Bonchev–Trinajstić information content (AvgIpc) is 3.55. The molecule has 0 aromatic heterocycles. The normalized spacial score (nSPS) is 22.3. The molecule has 12 nitrogen and oxygen atoms in total. The fourth-order valence-electron chi connectivity index (χ4n) is 10.1. The lowest BCUT2D eigenvalue weighted by Gasteiger charge is -2.58. The van der Waals surface area contributed by atoms with Crippen molar-refractivity contribution in [1.82, 2.24) is 15.1 Å². The predicted molar refractivity (Wildman–Crippen MR) is 240 cm³/mol. The van der Waals surface area contributed by atoms with E-state index in [9.17, 15) is 24.3 Å². The molecule has 0 radical (unpaired) electrons. The van der Waals surface area contributed by atoms with E-state index in [1.807, 2.05) is 52.1 Å². The summed E-state index contributed by atoms with van der Waals surface area (Å²) in [4.78, 5) is 60.4. The van der Waals surface area contributed by atoms with Crippen LogP contribution in [0.3, 0.4) is 0 Å². The second kappa shape index (κ2) is 17.9. The van der Waals surface area contributed by atoms with Gasteiger partial charge in [0.1, 0.15) is 18.2 Å².